The van der Waals surface area contributed by atoms with E-state index in [0.29, 0.717) is 11.7 Å². The number of anilines is 1. The maximum Gasteiger partial charge on any atom is 0.174 e. The first-order valence-electron chi connectivity index (χ1n) is 12.2. The van der Waals surface area contributed by atoms with E-state index in [2.05, 4.69) is 45.0 Å². The van der Waals surface area contributed by atoms with Crippen LogP contribution in [0.2, 0.25) is 0 Å². The van der Waals surface area contributed by atoms with Gasteiger partial charge in [0.2, 0.25) is 0 Å². The summed E-state index contributed by atoms with van der Waals surface area (Å²) in [7, 11) is 0. The molecule has 2 aromatic carbocycles. The van der Waals surface area contributed by atoms with E-state index in [1.54, 1.807) is 6.26 Å². The van der Waals surface area contributed by atoms with Crippen LogP contribution in [0.5, 0.6) is 11.5 Å². The van der Waals surface area contributed by atoms with Gasteiger partial charge in [-0.1, -0.05) is 23.8 Å². The van der Waals surface area contributed by atoms with Gasteiger partial charge in [0.05, 0.1) is 24.5 Å². The van der Waals surface area contributed by atoms with E-state index < -0.39 is 0 Å². The summed E-state index contributed by atoms with van der Waals surface area (Å²) in [6.45, 7) is 2.69. The third-order valence-electron chi connectivity index (χ3n) is 6.54. The van der Waals surface area contributed by atoms with Gasteiger partial charge in [-0.25, -0.2) is 0 Å². The molecule has 2 atom stereocenters. The molecule has 1 aliphatic heterocycles. The van der Waals surface area contributed by atoms with Crippen LogP contribution in [0.3, 0.4) is 0 Å². The number of benzene rings is 2. The third-order valence-corrected chi connectivity index (χ3v) is 6.86. The fourth-order valence-electron chi connectivity index (χ4n) is 4.76. The van der Waals surface area contributed by atoms with Crippen molar-refractivity contribution >= 4 is 23.0 Å². The quantitative estimate of drug-likeness (QED) is 0.245. The average molecular weight is 507 g/mol. The number of aromatic nitrogens is 2. The molecule has 37 heavy (non-hydrogen) atoms. The van der Waals surface area contributed by atoms with Gasteiger partial charge < -0.3 is 23.9 Å². The molecule has 1 fully saturated rings. The largest absolute Gasteiger partial charge is 0.467 e. The highest BCUT2D eigenvalue weighted by Crippen LogP contribution is 2.42. The highest BCUT2D eigenvalue weighted by molar-refractivity contribution is 7.80. The SMILES string of the molecule is Cc1ccc(Oc2ccc(N3C(=S)N[C@H](c4ccccn4)[C@H]3c3cccn3Cc3ccco3)cc2)cc1. The molecule has 1 N–H and O–H groups in total. The number of nitrogens with zero attached hydrogens (tertiary/aromatic N) is 3. The molecule has 1 aliphatic rings. The second kappa shape index (κ2) is 9.95. The Balaban J connectivity index is 1.35. The summed E-state index contributed by atoms with van der Waals surface area (Å²) in [5, 5.41) is 4.18. The first-order valence-corrected chi connectivity index (χ1v) is 12.6. The van der Waals surface area contributed by atoms with Crippen LogP contribution in [-0.2, 0) is 6.54 Å². The van der Waals surface area contributed by atoms with Crippen molar-refractivity contribution in [3.8, 4) is 11.5 Å². The highest BCUT2D eigenvalue weighted by atomic mass is 32.1. The van der Waals surface area contributed by atoms with Crippen LogP contribution in [0.15, 0.2) is 114 Å². The number of thiocarbonyl (C=S) groups is 1. The van der Waals surface area contributed by atoms with Crippen molar-refractivity contribution in [2.24, 2.45) is 0 Å². The monoisotopic (exact) mass is 506 g/mol. The molecule has 0 radical (unpaired) electrons. The van der Waals surface area contributed by atoms with Gasteiger partial charge in [0.15, 0.2) is 5.11 Å². The minimum atomic E-state index is -0.123. The van der Waals surface area contributed by atoms with Gasteiger partial charge in [0.25, 0.3) is 0 Å². The Labute approximate surface area is 221 Å². The molecular formula is C30H26N4O2S. The first-order chi connectivity index (χ1) is 18.2. The minimum Gasteiger partial charge on any atom is -0.467 e. The Morgan fingerprint density at radius 3 is 2.41 bits per heavy atom. The second-order valence-electron chi connectivity index (χ2n) is 9.05. The summed E-state index contributed by atoms with van der Waals surface area (Å²) in [4.78, 5) is 6.82. The summed E-state index contributed by atoms with van der Waals surface area (Å²) in [6.07, 6.45) is 5.60. The number of ether oxygens (including phenoxy) is 1. The van der Waals surface area contributed by atoms with E-state index in [-0.39, 0.29) is 12.1 Å². The molecule has 1 saturated heterocycles. The number of rotatable bonds is 7. The van der Waals surface area contributed by atoms with Gasteiger partial charge in [-0.2, -0.15) is 0 Å². The predicted octanol–water partition coefficient (Wildman–Crippen LogP) is 6.80. The van der Waals surface area contributed by atoms with Crippen molar-refractivity contribution in [3.63, 3.8) is 0 Å². The summed E-state index contributed by atoms with van der Waals surface area (Å²) in [5.74, 6) is 2.47. The molecule has 4 heterocycles. The zero-order chi connectivity index (χ0) is 25.2. The number of pyridine rings is 1. The third kappa shape index (κ3) is 4.73. The molecule has 0 bridgehead atoms. The van der Waals surface area contributed by atoms with Crippen molar-refractivity contribution in [2.75, 3.05) is 4.90 Å². The number of hydrogen-bond acceptors (Lipinski definition) is 4. The van der Waals surface area contributed by atoms with Crippen LogP contribution in [0.1, 0.15) is 34.8 Å². The summed E-state index contributed by atoms with van der Waals surface area (Å²) in [6, 6.07) is 29.9. The van der Waals surface area contributed by atoms with E-state index in [1.807, 2.05) is 85.1 Å². The number of nitrogens with one attached hydrogen (secondary N) is 1. The van der Waals surface area contributed by atoms with Crippen molar-refractivity contribution in [2.45, 2.75) is 25.6 Å². The van der Waals surface area contributed by atoms with Gasteiger partial charge in [-0.15, -0.1) is 0 Å². The Bertz CT molecular complexity index is 1480. The van der Waals surface area contributed by atoms with Crippen molar-refractivity contribution in [1.82, 2.24) is 14.9 Å². The number of aryl methyl sites for hydroxylation is 1. The van der Waals surface area contributed by atoms with Crippen molar-refractivity contribution < 1.29 is 9.15 Å². The zero-order valence-corrected chi connectivity index (χ0v) is 21.1. The Hall–Kier alpha value is -4.36. The summed E-state index contributed by atoms with van der Waals surface area (Å²) >= 11 is 5.89. The molecular weight excluding hydrogens is 480 g/mol. The van der Waals surface area contributed by atoms with Gasteiger partial charge >= 0.3 is 0 Å². The molecule has 0 saturated carbocycles. The first kappa shape index (κ1) is 23.1. The van der Waals surface area contributed by atoms with Crippen LogP contribution in [0, 0.1) is 6.92 Å². The zero-order valence-electron chi connectivity index (χ0n) is 20.3. The fraction of sp³-hybridized carbons (Fsp3) is 0.133. The Kier molecular flexibility index (Phi) is 6.20. The van der Waals surface area contributed by atoms with Crippen LogP contribution >= 0.6 is 12.2 Å². The molecule has 0 aliphatic carbocycles. The van der Waals surface area contributed by atoms with Crippen LogP contribution in [0.4, 0.5) is 5.69 Å². The lowest BCUT2D eigenvalue weighted by molar-refractivity contribution is 0.475. The van der Waals surface area contributed by atoms with Crippen molar-refractivity contribution in [3.05, 3.63) is 132 Å². The van der Waals surface area contributed by atoms with Crippen molar-refractivity contribution in [1.29, 1.82) is 0 Å². The molecule has 5 aromatic rings. The predicted molar refractivity (Wildman–Crippen MR) is 148 cm³/mol. The number of furan rings is 1. The molecule has 3 aromatic heterocycles. The Morgan fingerprint density at radius 2 is 1.70 bits per heavy atom. The van der Waals surface area contributed by atoms with E-state index in [9.17, 15) is 0 Å². The van der Waals surface area contributed by atoms with Crippen LogP contribution < -0.4 is 15.0 Å². The molecule has 0 spiro atoms. The molecule has 6 nitrogen and oxygen atoms in total. The van der Waals surface area contributed by atoms with E-state index in [0.717, 1.165) is 34.3 Å². The lowest BCUT2D eigenvalue weighted by atomic mass is 10.0. The fourth-order valence-corrected chi connectivity index (χ4v) is 5.11. The standard InChI is InChI=1S/C30H26N4O2S/c1-21-9-13-23(14-10-21)36-24-15-11-22(12-16-24)34-29(28(32-30(34)37)26-7-2-3-17-31-26)27-8-4-18-33(27)20-25-6-5-19-35-25/h2-19,28-29H,20H2,1H3,(H,32,37)/t28-,29-/m1/s1. The molecule has 184 valence electrons. The van der Waals surface area contributed by atoms with E-state index >= 15 is 0 Å². The van der Waals surface area contributed by atoms with Gasteiger partial charge in [-0.05, 0) is 91.9 Å². The number of hydrogen-bond donors (Lipinski definition) is 1. The normalized spacial score (nSPS) is 17.1. The maximum atomic E-state index is 6.05. The van der Waals surface area contributed by atoms with Gasteiger partial charge in [-0.3, -0.25) is 4.98 Å². The van der Waals surface area contributed by atoms with E-state index in [4.69, 9.17) is 21.4 Å². The van der Waals surface area contributed by atoms with E-state index in [1.165, 1.54) is 5.56 Å². The molecule has 7 heteroatoms. The van der Waals surface area contributed by atoms with Gasteiger partial charge in [0, 0.05) is 23.8 Å². The van der Waals surface area contributed by atoms with Gasteiger partial charge in [0.1, 0.15) is 23.3 Å². The molecule has 0 amide bonds. The molecule has 6 rings (SSSR count). The van der Waals surface area contributed by atoms with Crippen LogP contribution in [0.25, 0.3) is 0 Å². The highest BCUT2D eigenvalue weighted by Gasteiger charge is 2.42. The van der Waals surface area contributed by atoms with Crippen LogP contribution in [-0.4, -0.2) is 14.7 Å². The summed E-state index contributed by atoms with van der Waals surface area (Å²) < 4.78 is 13.9. The lowest BCUT2D eigenvalue weighted by Gasteiger charge is -2.29. The maximum absolute atomic E-state index is 6.05. The topological polar surface area (TPSA) is 55.5 Å². The minimum absolute atomic E-state index is 0.115. The second-order valence-corrected chi connectivity index (χ2v) is 9.43. The summed E-state index contributed by atoms with van der Waals surface area (Å²) in [5.41, 5.74) is 4.22. The Morgan fingerprint density at radius 1 is 0.919 bits per heavy atom. The molecule has 0 unspecified atom stereocenters. The smallest absolute Gasteiger partial charge is 0.174 e. The average Bonchev–Trinajstić information content (AvgIpc) is 3.67. The lowest BCUT2D eigenvalue weighted by Crippen LogP contribution is -2.30.